The van der Waals surface area contributed by atoms with Crippen molar-refractivity contribution in [3.05, 3.63) is 11.4 Å². The Kier molecular flexibility index (Phi) is 6.71. The highest BCUT2D eigenvalue weighted by Gasteiger charge is 2.10. The number of aromatic nitrogens is 2. The first-order valence-electron chi connectivity index (χ1n) is 7.37. The molecule has 0 fully saturated rings. The summed E-state index contributed by atoms with van der Waals surface area (Å²) >= 11 is 0. The van der Waals surface area contributed by atoms with Crippen molar-refractivity contribution in [2.75, 3.05) is 30.8 Å². The highest BCUT2D eigenvalue weighted by atomic mass is 16.5. The van der Waals surface area contributed by atoms with Crippen LogP contribution in [0.4, 0.5) is 11.6 Å². The number of rotatable bonds is 8. The number of anilines is 2. The molecule has 0 aliphatic carbocycles. The second-order valence-corrected chi connectivity index (χ2v) is 5.84. The van der Waals surface area contributed by atoms with Gasteiger partial charge in [-0.05, 0) is 19.3 Å². The average molecular weight is 280 g/mol. The molecule has 0 bridgehead atoms. The molecular formula is C15H28N4O. The van der Waals surface area contributed by atoms with Crippen LogP contribution in [0.25, 0.3) is 0 Å². The van der Waals surface area contributed by atoms with Crippen LogP contribution in [0.5, 0.6) is 0 Å². The molecular weight excluding hydrogens is 252 g/mol. The van der Waals surface area contributed by atoms with Crippen LogP contribution in [0.2, 0.25) is 0 Å². The molecule has 0 amide bonds. The summed E-state index contributed by atoms with van der Waals surface area (Å²) in [6, 6.07) is 0. The van der Waals surface area contributed by atoms with Crippen LogP contribution in [0.15, 0.2) is 0 Å². The van der Waals surface area contributed by atoms with Crippen molar-refractivity contribution < 1.29 is 4.74 Å². The Bertz CT molecular complexity index is 419. The summed E-state index contributed by atoms with van der Waals surface area (Å²) in [4.78, 5) is 8.85. The Labute approximate surface area is 122 Å². The number of hydrogen-bond acceptors (Lipinski definition) is 5. The maximum atomic E-state index is 5.93. The van der Waals surface area contributed by atoms with Crippen LogP contribution < -0.4 is 11.1 Å². The molecule has 0 aliphatic heterocycles. The van der Waals surface area contributed by atoms with E-state index in [4.69, 9.17) is 10.5 Å². The van der Waals surface area contributed by atoms with Gasteiger partial charge in [-0.3, -0.25) is 0 Å². The van der Waals surface area contributed by atoms with E-state index < -0.39 is 0 Å². The zero-order valence-electron chi connectivity index (χ0n) is 13.4. The lowest BCUT2D eigenvalue weighted by Crippen LogP contribution is -2.13. The number of nitrogen functional groups attached to an aromatic ring is 1. The maximum Gasteiger partial charge on any atom is 0.135 e. The zero-order valence-corrected chi connectivity index (χ0v) is 13.4. The monoisotopic (exact) mass is 280 g/mol. The Morgan fingerprint density at radius 2 is 1.90 bits per heavy atom. The molecule has 0 saturated heterocycles. The Balaban J connectivity index is 2.47. The number of ether oxygens (including phenoxy) is 1. The molecule has 0 unspecified atom stereocenters. The predicted octanol–water partition coefficient (Wildman–Crippen LogP) is 2.97. The van der Waals surface area contributed by atoms with E-state index in [2.05, 4.69) is 43.0 Å². The maximum absolute atomic E-state index is 5.93. The number of nitrogens with one attached hydrogen (secondary N) is 1. The van der Waals surface area contributed by atoms with Gasteiger partial charge in [-0.25, -0.2) is 9.97 Å². The van der Waals surface area contributed by atoms with Gasteiger partial charge in [0.05, 0.1) is 0 Å². The fourth-order valence-electron chi connectivity index (χ4n) is 1.68. The van der Waals surface area contributed by atoms with Gasteiger partial charge in [0, 0.05) is 31.2 Å². The summed E-state index contributed by atoms with van der Waals surface area (Å²) in [5.41, 5.74) is 6.84. The van der Waals surface area contributed by atoms with Crippen molar-refractivity contribution in [2.45, 2.75) is 47.0 Å². The molecule has 3 N–H and O–H groups in total. The smallest absolute Gasteiger partial charge is 0.135 e. The molecule has 114 valence electrons. The van der Waals surface area contributed by atoms with Crippen molar-refractivity contribution in [2.24, 2.45) is 5.92 Å². The minimum absolute atomic E-state index is 0.271. The van der Waals surface area contributed by atoms with Gasteiger partial charge >= 0.3 is 0 Å². The number of nitrogens with two attached hydrogens (primary N) is 1. The van der Waals surface area contributed by atoms with Crippen molar-refractivity contribution in [3.8, 4) is 0 Å². The molecule has 0 aromatic carbocycles. The van der Waals surface area contributed by atoms with E-state index in [1.54, 1.807) is 0 Å². The molecule has 1 aromatic heterocycles. The third-order valence-electron chi connectivity index (χ3n) is 2.93. The van der Waals surface area contributed by atoms with Gasteiger partial charge in [0.1, 0.15) is 17.5 Å². The van der Waals surface area contributed by atoms with Crippen LogP contribution in [0.1, 0.15) is 51.4 Å². The van der Waals surface area contributed by atoms with Gasteiger partial charge in [0.25, 0.3) is 0 Å². The minimum atomic E-state index is 0.271. The van der Waals surface area contributed by atoms with E-state index in [-0.39, 0.29) is 5.92 Å². The van der Waals surface area contributed by atoms with Gasteiger partial charge < -0.3 is 15.8 Å². The topological polar surface area (TPSA) is 73.1 Å². The molecule has 0 saturated carbocycles. The van der Waals surface area contributed by atoms with E-state index in [1.807, 2.05) is 6.92 Å². The second kappa shape index (κ2) is 8.04. The summed E-state index contributed by atoms with van der Waals surface area (Å²) in [7, 11) is 0. The van der Waals surface area contributed by atoms with Crippen molar-refractivity contribution in [1.82, 2.24) is 9.97 Å². The van der Waals surface area contributed by atoms with Gasteiger partial charge in [0.2, 0.25) is 0 Å². The van der Waals surface area contributed by atoms with E-state index in [9.17, 15) is 0 Å². The van der Waals surface area contributed by atoms with Gasteiger partial charge in [-0.2, -0.15) is 0 Å². The fourth-order valence-corrected chi connectivity index (χ4v) is 1.68. The molecule has 20 heavy (non-hydrogen) atoms. The largest absolute Gasteiger partial charge is 0.383 e. The van der Waals surface area contributed by atoms with Crippen LogP contribution in [-0.2, 0) is 4.74 Å². The summed E-state index contributed by atoms with van der Waals surface area (Å²) in [5, 5.41) is 3.33. The lowest BCUT2D eigenvalue weighted by atomic mass is 10.2. The summed E-state index contributed by atoms with van der Waals surface area (Å²) in [6.45, 7) is 12.8. The molecule has 5 nitrogen and oxygen atoms in total. The summed E-state index contributed by atoms with van der Waals surface area (Å²) in [5.74, 6) is 3.03. The Morgan fingerprint density at radius 1 is 1.20 bits per heavy atom. The number of nitrogens with zero attached hydrogens (tertiary/aromatic N) is 2. The molecule has 0 atom stereocenters. The van der Waals surface area contributed by atoms with E-state index in [0.717, 1.165) is 43.4 Å². The molecule has 1 aromatic rings. The van der Waals surface area contributed by atoms with E-state index in [1.165, 1.54) is 0 Å². The van der Waals surface area contributed by atoms with Crippen molar-refractivity contribution in [1.29, 1.82) is 0 Å². The van der Waals surface area contributed by atoms with Crippen LogP contribution in [-0.4, -0.2) is 29.7 Å². The van der Waals surface area contributed by atoms with E-state index in [0.29, 0.717) is 11.7 Å². The first-order valence-corrected chi connectivity index (χ1v) is 7.37. The highest BCUT2D eigenvalue weighted by Crippen LogP contribution is 2.20. The number of hydrogen-bond donors (Lipinski definition) is 2. The van der Waals surface area contributed by atoms with Crippen LogP contribution >= 0.6 is 0 Å². The zero-order chi connectivity index (χ0) is 15.1. The average Bonchev–Trinajstić information content (AvgIpc) is 2.37. The lowest BCUT2D eigenvalue weighted by molar-refractivity contribution is 0.110. The minimum Gasteiger partial charge on any atom is -0.383 e. The Hall–Kier alpha value is -1.36. The first kappa shape index (κ1) is 16.7. The highest BCUT2D eigenvalue weighted by molar-refractivity contribution is 5.54. The third-order valence-corrected chi connectivity index (χ3v) is 2.93. The molecule has 1 rings (SSSR count). The fraction of sp³-hybridized carbons (Fsp3) is 0.733. The standard InChI is InChI=1S/C15H28N4O/c1-10(2)9-20-8-6-7-17-15-12(5)13(16)18-14(19-15)11(3)4/h10-11H,6-9H2,1-5H3,(H3,16,17,18,19). The van der Waals surface area contributed by atoms with Gasteiger partial charge in [-0.1, -0.05) is 27.7 Å². The quantitative estimate of drug-likeness (QED) is 0.716. The van der Waals surface area contributed by atoms with E-state index >= 15 is 0 Å². The normalized spacial score (nSPS) is 11.3. The molecule has 1 heterocycles. The van der Waals surface area contributed by atoms with Crippen molar-refractivity contribution in [3.63, 3.8) is 0 Å². The molecule has 0 radical (unpaired) electrons. The first-order chi connectivity index (χ1) is 9.41. The summed E-state index contributed by atoms with van der Waals surface area (Å²) in [6.07, 6.45) is 0.951. The summed E-state index contributed by atoms with van der Waals surface area (Å²) < 4.78 is 5.55. The Morgan fingerprint density at radius 3 is 2.50 bits per heavy atom. The molecule has 0 aliphatic rings. The molecule has 0 spiro atoms. The third kappa shape index (κ3) is 5.33. The second-order valence-electron chi connectivity index (χ2n) is 5.84. The van der Waals surface area contributed by atoms with Crippen LogP contribution in [0.3, 0.4) is 0 Å². The predicted molar refractivity (Wildman–Crippen MR) is 84.0 cm³/mol. The molecule has 5 heteroatoms. The SMILES string of the molecule is Cc1c(N)nc(C(C)C)nc1NCCCOCC(C)C. The van der Waals surface area contributed by atoms with Crippen molar-refractivity contribution >= 4 is 11.6 Å². The lowest BCUT2D eigenvalue weighted by Gasteiger charge is -2.13. The van der Waals surface area contributed by atoms with Gasteiger partial charge in [-0.15, -0.1) is 0 Å². The van der Waals surface area contributed by atoms with Gasteiger partial charge in [0.15, 0.2) is 0 Å². The van der Waals surface area contributed by atoms with Crippen LogP contribution in [0, 0.1) is 12.8 Å².